The maximum Gasteiger partial charge on any atom is 0.276 e. The second-order valence-corrected chi connectivity index (χ2v) is 6.42. The van der Waals surface area contributed by atoms with Crippen molar-refractivity contribution in [3.8, 4) is 5.88 Å². The number of rotatable bonds is 5. The Balaban J connectivity index is 0.00000243. The summed E-state index contributed by atoms with van der Waals surface area (Å²) in [7, 11) is 1.78. The second-order valence-electron chi connectivity index (χ2n) is 6.42. The molecule has 0 aliphatic carbocycles. The molecule has 8 nitrogen and oxygen atoms in total. The zero-order valence-corrected chi connectivity index (χ0v) is 16.0. The number of piperidine rings is 1. The van der Waals surface area contributed by atoms with Gasteiger partial charge in [0, 0.05) is 19.0 Å². The quantitative estimate of drug-likeness (QED) is 0.825. The van der Waals surface area contributed by atoms with Crippen molar-refractivity contribution < 1.29 is 9.53 Å². The van der Waals surface area contributed by atoms with E-state index in [-0.39, 0.29) is 30.1 Å². The first kappa shape index (κ1) is 20.1. The maximum absolute atomic E-state index is 12.5. The van der Waals surface area contributed by atoms with Crippen molar-refractivity contribution in [2.75, 3.05) is 18.4 Å². The van der Waals surface area contributed by atoms with Gasteiger partial charge in [-0.2, -0.15) is 10.1 Å². The number of pyridine rings is 1. The molecule has 1 saturated heterocycles. The van der Waals surface area contributed by atoms with E-state index in [1.807, 2.05) is 13.8 Å². The number of aromatic nitrogens is 4. The van der Waals surface area contributed by atoms with E-state index in [2.05, 4.69) is 25.7 Å². The lowest BCUT2D eigenvalue weighted by molar-refractivity contribution is 0.101. The van der Waals surface area contributed by atoms with Crippen molar-refractivity contribution in [1.29, 1.82) is 0 Å². The molecule has 2 N–H and O–H groups in total. The predicted octanol–water partition coefficient (Wildman–Crippen LogP) is 2.14. The van der Waals surface area contributed by atoms with E-state index in [0.29, 0.717) is 17.7 Å². The van der Waals surface area contributed by atoms with E-state index in [9.17, 15) is 4.79 Å². The third-order valence-electron chi connectivity index (χ3n) is 4.02. The van der Waals surface area contributed by atoms with Gasteiger partial charge in [0.2, 0.25) is 11.8 Å². The summed E-state index contributed by atoms with van der Waals surface area (Å²) in [5.41, 5.74) is 0.282. The normalized spacial score (nSPS) is 14.8. The summed E-state index contributed by atoms with van der Waals surface area (Å²) < 4.78 is 7.13. The Morgan fingerprint density at radius 3 is 2.73 bits per heavy atom. The Kier molecular flexibility index (Phi) is 6.93. The fourth-order valence-corrected chi connectivity index (χ4v) is 2.78. The number of halogens is 1. The van der Waals surface area contributed by atoms with Crippen molar-refractivity contribution in [2.45, 2.75) is 38.7 Å². The lowest BCUT2D eigenvalue weighted by Gasteiger charge is -2.19. The monoisotopic (exact) mass is 380 g/mol. The highest BCUT2D eigenvalue weighted by molar-refractivity contribution is 6.01. The number of ether oxygens (including phenoxy) is 1. The van der Waals surface area contributed by atoms with Crippen LogP contribution in [0.15, 0.2) is 18.2 Å². The van der Waals surface area contributed by atoms with Crippen LogP contribution in [0.1, 0.15) is 48.9 Å². The highest BCUT2D eigenvalue weighted by atomic mass is 35.5. The molecule has 1 aliphatic heterocycles. The SMILES string of the molecule is CC(C)Oc1cccc(C(=O)Nc2nc(C3CCNCC3)nn2C)n1.Cl. The molecule has 2 aromatic heterocycles. The summed E-state index contributed by atoms with van der Waals surface area (Å²) in [5, 5.41) is 10.6. The third kappa shape index (κ3) is 4.92. The van der Waals surface area contributed by atoms with Gasteiger partial charge in [-0.15, -0.1) is 12.4 Å². The summed E-state index contributed by atoms with van der Waals surface area (Å²) in [6, 6.07) is 5.12. The molecule has 3 heterocycles. The van der Waals surface area contributed by atoms with Crippen LogP contribution in [0.25, 0.3) is 0 Å². The lowest BCUT2D eigenvalue weighted by atomic mass is 9.98. The largest absolute Gasteiger partial charge is 0.475 e. The number of aryl methyl sites for hydroxylation is 1. The molecular formula is C17H25ClN6O2. The van der Waals surface area contributed by atoms with Gasteiger partial charge in [-0.3, -0.25) is 10.1 Å². The van der Waals surface area contributed by atoms with Gasteiger partial charge in [0.25, 0.3) is 5.91 Å². The van der Waals surface area contributed by atoms with Crippen LogP contribution in [0.2, 0.25) is 0 Å². The van der Waals surface area contributed by atoms with Gasteiger partial charge >= 0.3 is 0 Å². The molecule has 0 bridgehead atoms. The first-order valence-electron chi connectivity index (χ1n) is 8.59. The molecule has 0 radical (unpaired) electrons. The molecule has 0 atom stereocenters. The Labute approximate surface area is 159 Å². The molecule has 3 rings (SSSR count). The van der Waals surface area contributed by atoms with Crippen LogP contribution in [-0.4, -0.2) is 44.8 Å². The molecule has 0 spiro atoms. The predicted molar refractivity (Wildman–Crippen MR) is 101 cm³/mol. The summed E-state index contributed by atoms with van der Waals surface area (Å²) >= 11 is 0. The summed E-state index contributed by atoms with van der Waals surface area (Å²) in [6.45, 7) is 5.76. The van der Waals surface area contributed by atoms with Gasteiger partial charge in [0.1, 0.15) is 5.69 Å². The molecule has 1 aliphatic rings. The minimum Gasteiger partial charge on any atom is -0.475 e. The van der Waals surface area contributed by atoms with E-state index >= 15 is 0 Å². The third-order valence-corrected chi connectivity index (χ3v) is 4.02. The maximum atomic E-state index is 12.5. The zero-order valence-electron chi connectivity index (χ0n) is 15.2. The molecule has 142 valence electrons. The molecule has 2 aromatic rings. The Hall–Kier alpha value is -2.19. The van der Waals surface area contributed by atoms with Crippen molar-refractivity contribution in [3.63, 3.8) is 0 Å². The average Bonchev–Trinajstić information content (AvgIpc) is 2.96. The van der Waals surface area contributed by atoms with Crippen molar-refractivity contribution in [2.24, 2.45) is 7.05 Å². The fraction of sp³-hybridized carbons (Fsp3) is 0.529. The van der Waals surface area contributed by atoms with Gasteiger partial charge in [-0.25, -0.2) is 9.67 Å². The molecule has 0 saturated carbocycles. The van der Waals surface area contributed by atoms with Gasteiger partial charge < -0.3 is 10.1 Å². The average molecular weight is 381 g/mol. The first-order valence-corrected chi connectivity index (χ1v) is 8.59. The topological polar surface area (TPSA) is 94.0 Å². The van der Waals surface area contributed by atoms with Gasteiger partial charge in [0.15, 0.2) is 5.82 Å². The minimum atomic E-state index is -0.332. The first-order chi connectivity index (χ1) is 12.0. The number of amides is 1. The highest BCUT2D eigenvalue weighted by Crippen LogP contribution is 2.23. The number of hydrogen-bond donors (Lipinski definition) is 2. The molecule has 26 heavy (non-hydrogen) atoms. The Morgan fingerprint density at radius 1 is 1.31 bits per heavy atom. The van der Waals surface area contributed by atoms with E-state index < -0.39 is 0 Å². The molecular weight excluding hydrogens is 356 g/mol. The highest BCUT2D eigenvalue weighted by Gasteiger charge is 2.21. The fourth-order valence-electron chi connectivity index (χ4n) is 2.78. The Bertz CT molecular complexity index is 743. The summed E-state index contributed by atoms with van der Waals surface area (Å²) in [4.78, 5) is 21.2. The smallest absolute Gasteiger partial charge is 0.276 e. The number of carbonyl (C=O) groups is 1. The minimum absolute atomic E-state index is 0. The van der Waals surface area contributed by atoms with Gasteiger partial charge in [-0.1, -0.05) is 6.07 Å². The number of carbonyl (C=O) groups excluding carboxylic acids is 1. The number of anilines is 1. The van der Waals surface area contributed by atoms with Gasteiger partial charge in [-0.05, 0) is 45.8 Å². The van der Waals surface area contributed by atoms with E-state index in [0.717, 1.165) is 31.8 Å². The number of nitrogens with one attached hydrogen (secondary N) is 2. The van der Waals surface area contributed by atoms with Crippen LogP contribution in [0.3, 0.4) is 0 Å². The van der Waals surface area contributed by atoms with Crippen LogP contribution < -0.4 is 15.4 Å². The van der Waals surface area contributed by atoms with E-state index in [4.69, 9.17) is 4.74 Å². The van der Waals surface area contributed by atoms with Crippen LogP contribution in [0.4, 0.5) is 5.95 Å². The molecule has 1 fully saturated rings. The number of hydrogen-bond acceptors (Lipinski definition) is 6. The Morgan fingerprint density at radius 2 is 2.04 bits per heavy atom. The van der Waals surface area contributed by atoms with Crippen LogP contribution >= 0.6 is 12.4 Å². The molecule has 1 amide bonds. The van der Waals surface area contributed by atoms with E-state index in [1.165, 1.54) is 0 Å². The van der Waals surface area contributed by atoms with Crippen molar-refractivity contribution >= 4 is 24.3 Å². The summed E-state index contributed by atoms with van der Waals surface area (Å²) in [6.07, 6.45) is 2.01. The van der Waals surface area contributed by atoms with Crippen molar-refractivity contribution in [1.82, 2.24) is 25.1 Å². The van der Waals surface area contributed by atoms with Gasteiger partial charge in [0.05, 0.1) is 6.10 Å². The number of nitrogens with zero attached hydrogens (tertiary/aromatic N) is 4. The van der Waals surface area contributed by atoms with E-state index in [1.54, 1.807) is 29.9 Å². The van der Waals surface area contributed by atoms with Crippen LogP contribution in [-0.2, 0) is 7.05 Å². The second kappa shape index (κ2) is 8.95. The van der Waals surface area contributed by atoms with Crippen molar-refractivity contribution in [3.05, 3.63) is 29.7 Å². The zero-order chi connectivity index (χ0) is 17.8. The van der Waals surface area contributed by atoms with Crippen LogP contribution in [0, 0.1) is 0 Å². The van der Waals surface area contributed by atoms with Crippen LogP contribution in [0.5, 0.6) is 5.88 Å². The molecule has 9 heteroatoms. The summed E-state index contributed by atoms with van der Waals surface area (Å²) in [5.74, 6) is 1.64. The standard InChI is InChI=1S/C17H24N6O2.ClH/c1-11(2)25-14-6-4-5-13(19-14)16(24)21-17-20-15(22-23(17)3)12-7-9-18-10-8-12;/h4-6,11-12,18H,7-10H2,1-3H3,(H,20,21,22,24);1H. The molecule has 0 aromatic carbocycles. The molecule has 0 unspecified atom stereocenters. The lowest BCUT2D eigenvalue weighted by Crippen LogP contribution is -2.27.